The molecule has 546 valence electrons. The number of phosphoric acid groups is 2. The maximum atomic E-state index is 13.1. The second-order valence-corrected chi connectivity index (χ2v) is 29.5. The van der Waals surface area contributed by atoms with Crippen molar-refractivity contribution in [1.82, 2.24) is 0 Å². The molecule has 3 unspecified atom stereocenters. The highest BCUT2D eigenvalue weighted by Gasteiger charge is 2.30. The average Bonchev–Trinajstić information content (AvgIpc) is 3.63. The van der Waals surface area contributed by atoms with E-state index in [2.05, 4.69) is 34.6 Å². The molecule has 0 spiro atoms. The molecule has 0 bridgehead atoms. The largest absolute Gasteiger partial charge is 0.472 e. The number of phosphoric ester groups is 2. The molecule has 0 aromatic rings. The lowest BCUT2D eigenvalue weighted by Crippen LogP contribution is -2.30. The number of ether oxygens (including phenoxy) is 4. The molecular weight excluding hydrogens is 1210 g/mol. The summed E-state index contributed by atoms with van der Waals surface area (Å²) >= 11 is 0. The summed E-state index contributed by atoms with van der Waals surface area (Å²) in [5, 5.41) is 10.6. The second-order valence-electron chi connectivity index (χ2n) is 26.6. The van der Waals surface area contributed by atoms with Gasteiger partial charge in [-0.05, 0) is 31.6 Å². The molecule has 17 nitrogen and oxygen atoms in total. The van der Waals surface area contributed by atoms with Gasteiger partial charge in [0, 0.05) is 25.7 Å². The van der Waals surface area contributed by atoms with Crippen molar-refractivity contribution in [3.8, 4) is 0 Å². The fourth-order valence-corrected chi connectivity index (χ4v) is 12.7. The van der Waals surface area contributed by atoms with Crippen molar-refractivity contribution in [1.29, 1.82) is 0 Å². The maximum absolute atomic E-state index is 13.1. The molecule has 3 N–H and O–H groups in total. The molecule has 0 saturated heterocycles. The molecule has 0 aliphatic rings. The van der Waals surface area contributed by atoms with Gasteiger partial charge in [-0.15, -0.1) is 0 Å². The Bertz CT molecular complexity index is 1770. The van der Waals surface area contributed by atoms with Gasteiger partial charge in [0.1, 0.15) is 19.3 Å². The lowest BCUT2D eigenvalue weighted by Gasteiger charge is -2.21. The van der Waals surface area contributed by atoms with Crippen molar-refractivity contribution in [2.24, 2.45) is 5.92 Å². The van der Waals surface area contributed by atoms with Crippen LogP contribution >= 0.6 is 15.6 Å². The van der Waals surface area contributed by atoms with E-state index >= 15 is 0 Å². The van der Waals surface area contributed by atoms with E-state index in [1.807, 2.05) is 0 Å². The quantitative estimate of drug-likeness (QED) is 0.0222. The van der Waals surface area contributed by atoms with Crippen LogP contribution in [-0.4, -0.2) is 96.7 Å². The standard InChI is InChI=1S/C73H142O17P2/c1-6-10-13-16-19-22-23-24-25-26-27-28-29-30-31-32-39-44-49-54-59-73(78)90-69(63-84-71(76)57-52-47-42-38-34-33-37-40-45-50-55-66(5)9-4)65-88-92(81,82)86-61-67(74)60-85-91(79,80)87-64-68(89-72(77)58-53-48-43-36-21-18-15-12-8-3)62-83-70(75)56-51-46-41-35-20-17-14-11-7-2/h66-69,74H,6-65H2,1-5H3,(H,79,80)(H,81,82)/t66?,67-,68+,69+/m0/s1. The zero-order valence-corrected chi connectivity index (χ0v) is 61.5. The van der Waals surface area contributed by atoms with Gasteiger partial charge in [-0.2, -0.15) is 0 Å². The second kappa shape index (κ2) is 66.3. The Balaban J connectivity index is 5.18. The van der Waals surface area contributed by atoms with Crippen LogP contribution < -0.4 is 0 Å². The van der Waals surface area contributed by atoms with E-state index in [-0.39, 0.29) is 25.7 Å². The third kappa shape index (κ3) is 65.4. The summed E-state index contributed by atoms with van der Waals surface area (Å²) in [7, 11) is -9.90. The Kier molecular flexibility index (Phi) is 64.9. The Labute approximate surface area is 562 Å². The minimum absolute atomic E-state index is 0.106. The predicted molar refractivity (Wildman–Crippen MR) is 372 cm³/mol. The fourth-order valence-electron chi connectivity index (χ4n) is 11.1. The van der Waals surface area contributed by atoms with Gasteiger partial charge in [-0.3, -0.25) is 37.3 Å². The molecule has 19 heteroatoms. The Hall–Kier alpha value is -1.94. The van der Waals surface area contributed by atoms with Crippen molar-refractivity contribution in [2.45, 2.75) is 400 Å². The fraction of sp³-hybridized carbons (Fsp3) is 0.945. The van der Waals surface area contributed by atoms with Crippen molar-refractivity contribution >= 4 is 39.5 Å². The number of hydrogen-bond acceptors (Lipinski definition) is 15. The van der Waals surface area contributed by atoms with Gasteiger partial charge in [-0.25, -0.2) is 9.13 Å². The number of hydrogen-bond donors (Lipinski definition) is 3. The Morgan fingerprint density at radius 1 is 0.304 bits per heavy atom. The van der Waals surface area contributed by atoms with E-state index in [0.29, 0.717) is 25.7 Å². The summed E-state index contributed by atoms with van der Waals surface area (Å²) in [6.45, 7) is 7.26. The van der Waals surface area contributed by atoms with Crippen LogP contribution in [0, 0.1) is 5.92 Å². The van der Waals surface area contributed by atoms with Crippen LogP contribution in [0.1, 0.15) is 381 Å². The van der Waals surface area contributed by atoms with E-state index in [1.54, 1.807) is 0 Å². The molecule has 0 rings (SSSR count). The highest BCUT2D eigenvalue weighted by atomic mass is 31.2. The summed E-state index contributed by atoms with van der Waals surface area (Å²) in [5.74, 6) is -1.31. The molecule has 6 atom stereocenters. The summed E-state index contributed by atoms with van der Waals surface area (Å²) < 4.78 is 68.3. The van der Waals surface area contributed by atoms with Gasteiger partial charge in [0.25, 0.3) is 0 Å². The zero-order chi connectivity index (χ0) is 67.7. The van der Waals surface area contributed by atoms with Gasteiger partial charge in [-0.1, -0.05) is 330 Å². The molecule has 0 heterocycles. The first-order chi connectivity index (χ1) is 44.6. The first kappa shape index (κ1) is 90.1. The van der Waals surface area contributed by atoms with Gasteiger partial charge in [0.05, 0.1) is 26.4 Å². The van der Waals surface area contributed by atoms with Gasteiger partial charge < -0.3 is 33.8 Å². The SMILES string of the molecule is CCCCCCCCCCCCCCCCCCCCCCC(=O)O[C@H](COC(=O)CCCCCCCCCCCCC(C)CC)COP(=O)(O)OC[C@@H](O)COP(=O)(O)OC[C@@H](COC(=O)CCCCCCCCCCC)OC(=O)CCCCCCCCCCC. The molecule has 0 aromatic heterocycles. The molecule has 0 saturated carbocycles. The third-order valence-electron chi connectivity index (χ3n) is 17.4. The van der Waals surface area contributed by atoms with Gasteiger partial charge in [0.2, 0.25) is 0 Å². The minimum atomic E-state index is -4.95. The smallest absolute Gasteiger partial charge is 0.462 e. The van der Waals surface area contributed by atoms with Crippen LogP contribution in [-0.2, 0) is 65.4 Å². The van der Waals surface area contributed by atoms with Gasteiger partial charge in [0.15, 0.2) is 12.2 Å². The molecular formula is C73H142O17P2. The van der Waals surface area contributed by atoms with Crippen LogP contribution in [0.2, 0.25) is 0 Å². The van der Waals surface area contributed by atoms with Gasteiger partial charge >= 0.3 is 39.5 Å². The van der Waals surface area contributed by atoms with Crippen LogP contribution in [0.5, 0.6) is 0 Å². The Morgan fingerprint density at radius 2 is 0.522 bits per heavy atom. The lowest BCUT2D eigenvalue weighted by atomic mass is 9.99. The van der Waals surface area contributed by atoms with E-state index < -0.39 is 97.5 Å². The number of carbonyl (C=O) groups excluding carboxylic acids is 4. The number of unbranched alkanes of at least 4 members (excludes halogenated alkanes) is 44. The first-order valence-corrected chi connectivity index (χ1v) is 41.2. The van der Waals surface area contributed by atoms with Crippen molar-refractivity contribution < 1.29 is 80.2 Å². The zero-order valence-electron chi connectivity index (χ0n) is 59.7. The van der Waals surface area contributed by atoms with Crippen LogP contribution in [0.3, 0.4) is 0 Å². The predicted octanol–water partition coefficient (Wildman–Crippen LogP) is 21.3. The van der Waals surface area contributed by atoms with Crippen LogP contribution in [0.15, 0.2) is 0 Å². The summed E-state index contributed by atoms with van der Waals surface area (Å²) in [5.41, 5.74) is 0. The first-order valence-electron chi connectivity index (χ1n) is 38.2. The number of esters is 4. The summed E-state index contributed by atoms with van der Waals surface area (Å²) in [6, 6.07) is 0. The van der Waals surface area contributed by atoms with Crippen molar-refractivity contribution in [2.75, 3.05) is 39.6 Å². The number of rotatable bonds is 73. The number of aliphatic hydroxyl groups excluding tert-OH is 1. The highest BCUT2D eigenvalue weighted by Crippen LogP contribution is 2.45. The third-order valence-corrected chi connectivity index (χ3v) is 19.3. The maximum Gasteiger partial charge on any atom is 0.472 e. The van der Waals surface area contributed by atoms with E-state index in [4.69, 9.17) is 37.0 Å². The summed E-state index contributed by atoms with van der Waals surface area (Å²) in [6.07, 6.45) is 54.1. The van der Waals surface area contributed by atoms with E-state index in [1.165, 1.54) is 205 Å². The molecule has 0 amide bonds. The minimum Gasteiger partial charge on any atom is -0.462 e. The topological polar surface area (TPSA) is 237 Å². The monoisotopic (exact) mass is 1350 g/mol. The van der Waals surface area contributed by atoms with Crippen molar-refractivity contribution in [3.63, 3.8) is 0 Å². The highest BCUT2D eigenvalue weighted by molar-refractivity contribution is 7.47. The molecule has 0 aliphatic carbocycles. The molecule has 0 radical (unpaired) electrons. The molecule has 0 aromatic carbocycles. The number of carbonyl (C=O) groups is 4. The van der Waals surface area contributed by atoms with Crippen LogP contribution in [0.25, 0.3) is 0 Å². The number of aliphatic hydroxyl groups is 1. The molecule has 0 aliphatic heterocycles. The normalized spacial score (nSPS) is 14.3. The molecule has 0 fully saturated rings. The van der Waals surface area contributed by atoms with E-state index in [0.717, 1.165) is 95.8 Å². The lowest BCUT2D eigenvalue weighted by molar-refractivity contribution is -0.161. The Morgan fingerprint density at radius 3 is 0.772 bits per heavy atom. The van der Waals surface area contributed by atoms with Crippen LogP contribution in [0.4, 0.5) is 0 Å². The average molecular weight is 1350 g/mol. The van der Waals surface area contributed by atoms with E-state index in [9.17, 15) is 43.2 Å². The summed E-state index contributed by atoms with van der Waals surface area (Å²) in [4.78, 5) is 72.5. The van der Waals surface area contributed by atoms with Crippen molar-refractivity contribution in [3.05, 3.63) is 0 Å². The molecule has 92 heavy (non-hydrogen) atoms.